The fourth-order valence-corrected chi connectivity index (χ4v) is 4.07. The van der Waals surface area contributed by atoms with Gasteiger partial charge in [-0.15, -0.1) is 11.3 Å². The van der Waals surface area contributed by atoms with E-state index < -0.39 is 0 Å². The van der Waals surface area contributed by atoms with Gasteiger partial charge in [0.25, 0.3) is 0 Å². The first-order valence-corrected chi connectivity index (χ1v) is 11.0. The molecule has 6 heteroatoms. The van der Waals surface area contributed by atoms with Crippen LogP contribution in [0.2, 0.25) is 0 Å². The Bertz CT molecular complexity index is 1010. The minimum atomic E-state index is 0.533. The number of benzene rings is 1. The molecule has 150 valence electrons. The zero-order valence-electron chi connectivity index (χ0n) is 17.0. The number of rotatable bonds is 5. The van der Waals surface area contributed by atoms with Crippen molar-refractivity contribution < 1.29 is 4.74 Å². The Morgan fingerprint density at radius 1 is 1.00 bits per heavy atom. The summed E-state index contributed by atoms with van der Waals surface area (Å²) in [6.45, 7) is 3.85. The van der Waals surface area contributed by atoms with E-state index in [4.69, 9.17) is 4.74 Å². The van der Waals surface area contributed by atoms with E-state index >= 15 is 0 Å². The van der Waals surface area contributed by atoms with Crippen molar-refractivity contribution in [1.29, 1.82) is 0 Å². The molecule has 3 heterocycles. The van der Waals surface area contributed by atoms with Gasteiger partial charge in [-0.3, -0.25) is 4.90 Å². The van der Waals surface area contributed by atoms with Crippen LogP contribution in [0.15, 0.2) is 35.0 Å². The van der Waals surface area contributed by atoms with E-state index in [1.165, 1.54) is 19.3 Å². The van der Waals surface area contributed by atoms with Crippen molar-refractivity contribution in [3.63, 3.8) is 0 Å². The number of likely N-dealkylation sites (tertiary alicyclic amines) is 1. The average Bonchev–Trinajstić information content (AvgIpc) is 3.20. The lowest BCUT2D eigenvalue weighted by atomic mass is 10.1. The van der Waals surface area contributed by atoms with Gasteiger partial charge in [-0.1, -0.05) is 12.3 Å². The molecule has 1 aliphatic rings. The summed E-state index contributed by atoms with van der Waals surface area (Å²) in [5.74, 6) is 6.92. The molecule has 0 unspecified atom stereocenters. The summed E-state index contributed by atoms with van der Waals surface area (Å²) in [6, 6.07) is 8.17. The third kappa shape index (κ3) is 5.06. The van der Waals surface area contributed by atoms with Gasteiger partial charge in [0, 0.05) is 42.7 Å². The largest absolute Gasteiger partial charge is 0.474 e. The second-order valence-corrected chi connectivity index (χ2v) is 8.21. The zero-order chi connectivity index (χ0) is 20.1. The van der Waals surface area contributed by atoms with Crippen LogP contribution in [0.4, 0.5) is 5.69 Å². The molecular weight excluding hydrogens is 380 g/mol. The molecule has 29 heavy (non-hydrogen) atoms. The lowest BCUT2D eigenvalue weighted by Gasteiger charge is -2.26. The molecule has 0 N–H and O–H groups in total. The molecule has 3 aromatic rings. The molecule has 2 aromatic heterocycles. The maximum absolute atomic E-state index is 6.04. The molecular formula is C23H26N4OS. The number of hydrogen-bond acceptors (Lipinski definition) is 6. The Kier molecular flexibility index (Phi) is 6.28. The van der Waals surface area contributed by atoms with Gasteiger partial charge in [-0.25, -0.2) is 9.97 Å². The number of anilines is 1. The molecule has 0 atom stereocenters. The van der Waals surface area contributed by atoms with Crippen LogP contribution in [0, 0.1) is 11.8 Å². The Morgan fingerprint density at radius 3 is 2.45 bits per heavy atom. The standard InChI is InChI=1S/C23H26N4OS/c1-26(2)19-9-6-18(7-10-19)8-11-20-23(25-22-17-29-16-21(22)24-20)28-15-14-27-12-4-3-5-13-27/h6-7,9-10,16-17H,3-5,12-15H2,1-2H3. The predicted molar refractivity (Wildman–Crippen MR) is 120 cm³/mol. The van der Waals surface area contributed by atoms with Gasteiger partial charge in [-0.2, -0.15) is 0 Å². The van der Waals surface area contributed by atoms with E-state index in [0.717, 1.165) is 41.9 Å². The van der Waals surface area contributed by atoms with Gasteiger partial charge in [0.05, 0.1) is 0 Å². The Hall–Kier alpha value is -2.62. The smallest absolute Gasteiger partial charge is 0.249 e. The van der Waals surface area contributed by atoms with Crippen LogP contribution in [0.1, 0.15) is 30.5 Å². The second kappa shape index (κ2) is 9.25. The topological polar surface area (TPSA) is 41.5 Å². The molecule has 0 spiro atoms. The summed E-state index contributed by atoms with van der Waals surface area (Å²) < 4.78 is 6.04. The van der Waals surface area contributed by atoms with E-state index in [2.05, 4.69) is 43.7 Å². The summed E-state index contributed by atoms with van der Waals surface area (Å²) in [4.78, 5) is 13.9. The predicted octanol–water partition coefficient (Wildman–Crippen LogP) is 4.02. The number of piperidine rings is 1. The third-order valence-electron chi connectivity index (χ3n) is 5.08. The molecule has 0 amide bonds. The van der Waals surface area contributed by atoms with Crippen molar-refractivity contribution in [2.24, 2.45) is 0 Å². The summed E-state index contributed by atoms with van der Waals surface area (Å²) in [5, 5.41) is 3.99. The molecule has 0 bridgehead atoms. The first kappa shape index (κ1) is 19.7. The molecule has 0 saturated carbocycles. The number of hydrogen-bond donors (Lipinski definition) is 0. The van der Waals surface area contributed by atoms with E-state index in [1.54, 1.807) is 11.3 Å². The van der Waals surface area contributed by atoms with Crippen LogP contribution in [0.5, 0.6) is 5.88 Å². The minimum absolute atomic E-state index is 0.533. The second-order valence-electron chi connectivity index (χ2n) is 7.46. The fourth-order valence-electron chi connectivity index (χ4n) is 3.39. The van der Waals surface area contributed by atoms with Crippen molar-refractivity contribution in [2.75, 3.05) is 45.2 Å². The lowest BCUT2D eigenvalue weighted by molar-refractivity contribution is 0.180. The van der Waals surface area contributed by atoms with Gasteiger partial charge >= 0.3 is 0 Å². The third-order valence-corrected chi connectivity index (χ3v) is 5.80. The van der Waals surface area contributed by atoms with Crippen molar-refractivity contribution in [3.8, 4) is 17.7 Å². The molecule has 1 aliphatic heterocycles. The number of thiophene rings is 1. The van der Waals surface area contributed by atoms with Gasteiger partial charge < -0.3 is 9.64 Å². The lowest BCUT2D eigenvalue weighted by Crippen LogP contribution is -2.33. The minimum Gasteiger partial charge on any atom is -0.474 e. The zero-order valence-corrected chi connectivity index (χ0v) is 17.8. The summed E-state index contributed by atoms with van der Waals surface area (Å²) >= 11 is 1.59. The monoisotopic (exact) mass is 406 g/mol. The Balaban J connectivity index is 1.52. The maximum atomic E-state index is 6.04. The fraction of sp³-hybridized carbons (Fsp3) is 0.391. The highest BCUT2D eigenvalue weighted by atomic mass is 32.1. The first-order valence-electron chi connectivity index (χ1n) is 10.1. The van der Waals surface area contributed by atoms with E-state index in [0.29, 0.717) is 18.2 Å². The molecule has 1 fully saturated rings. The van der Waals surface area contributed by atoms with Crippen molar-refractivity contribution >= 4 is 28.1 Å². The first-order chi connectivity index (χ1) is 14.2. The van der Waals surface area contributed by atoms with Crippen LogP contribution >= 0.6 is 11.3 Å². The summed E-state index contributed by atoms with van der Waals surface area (Å²) in [7, 11) is 4.06. The average molecular weight is 407 g/mol. The highest BCUT2D eigenvalue weighted by molar-refractivity contribution is 7.09. The van der Waals surface area contributed by atoms with Gasteiger partial charge in [0.15, 0.2) is 5.69 Å². The van der Waals surface area contributed by atoms with Gasteiger partial charge in [0.1, 0.15) is 17.6 Å². The maximum Gasteiger partial charge on any atom is 0.249 e. The van der Waals surface area contributed by atoms with Crippen molar-refractivity contribution in [2.45, 2.75) is 19.3 Å². The van der Waals surface area contributed by atoms with Crippen molar-refractivity contribution in [1.82, 2.24) is 14.9 Å². The van der Waals surface area contributed by atoms with E-state index in [-0.39, 0.29) is 0 Å². The molecule has 1 aromatic carbocycles. The van der Waals surface area contributed by atoms with E-state index in [1.807, 2.05) is 37.0 Å². The normalized spacial score (nSPS) is 14.4. The van der Waals surface area contributed by atoms with Gasteiger partial charge in [0.2, 0.25) is 5.88 Å². The molecule has 0 aliphatic carbocycles. The summed E-state index contributed by atoms with van der Waals surface area (Å²) in [6.07, 6.45) is 3.90. The van der Waals surface area contributed by atoms with Gasteiger partial charge in [-0.05, 0) is 56.1 Å². The molecule has 1 saturated heterocycles. The van der Waals surface area contributed by atoms with Crippen LogP contribution in [-0.4, -0.2) is 55.2 Å². The Labute approximate surface area is 176 Å². The quantitative estimate of drug-likeness (QED) is 0.599. The van der Waals surface area contributed by atoms with Crippen LogP contribution in [-0.2, 0) is 0 Å². The number of ether oxygens (including phenoxy) is 1. The molecule has 5 nitrogen and oxygen atoms in total. The molecule has 0 radical (unpaired) electrons. The summed E-state index contributed by atoms with van der Waals surface area (Å²) in [5.41, 5.74) is 4.43. The van der Waals surface area contributed by atoms with E-state index in [9.17, 15) is 0 Å². The number of aromatic nitrogens is 2. The highest BCUT2D eigenvalue weighted by Crippen LogP contribution is 2.22. The van der Waals surface area contributed by atoms with Crippen molar-refractivity contribution in [3.05, 3.63) is 46.3 Å². The van der Waals surface area contributed by atoms with Crippen LogP contribution in [0.3, 0.4) is 0 Å². The van der Waals surface area contributed by atoms with Crippen LogP contribution < -0.4 is 9.64 Å². The number of nitrogens with zero attached hydrogens (tertiary/aromatic N) is 4. The number of fused-ring (bicyclic) bond motifs is 1. The Morgan fingerprint density at radius 2 is 1.72 bits per heavy atom. The molecule has 4 rings (SSSR count). The highest BCUT2D eigenvalue weighted by Gasteiger charge is 2.12. The SMILES string of the molecule is CN(C)c1ccc(C#Cc2nc3cscc3nc2OCCN2CCCCC2)cc1. The van der Waals surface area contributed by atoms with Crippen LogP contribution in [0.25, 0.3) is 11.0 Å².